The number of rotatable bonds is 2. The Morgan fingerprint density at radius 3 is 2.47 bits per heavy atom. The Morgan fingerprint density at radius 1 is 1.27 bits per heavy atom. The lowest BCUT2D eigenvalue weighted by atomic mass is 10.2. The van der Waals surface area contributed by atoms with Crippen molar-refractivity contribution in [1.29, 1.82) is 0 Å². The number of hydrogen-bond acceptors (Lipinski definition) is 0. The molecule has 0 amide bonds. The Balaban J connectivity index is 0.00000112. The third-order valence-electron chi connectivity index (χ3n) is 3.31. The van der Waals surface area contributed by atoms with Crippen molar-refractivity contribution < 1.29 is 17.0 Å². The van der Waals surface area contributed by atoms with E-state index in [4.69, 9.17) is 0 Å². The number of hydrogen-bond donors (Lipinski definition) is 0. The van der Waals surface area contributed by atoms with E-state index in [-0.39, 0.29) is 17.0 Å². The van der Waals surface area contributed by atoms with Gasteiger partial charge in [-0.05, 0) is 24.6 Å². The summed E-state index contributed by atoms with van der Waals surface area (Å²) in [5, 5.41) is 0. The van der Waals surface area contributed by atoms with Crippen LogP contribution in [0.5, 0.6) is 0 Å². The fourth-order valence-corrected chi connectivity index (χ4v) is 5.02. The normalized spacial score (nSPS) is 28.8. The zero-order chi connectivity index (χ0) is 10.0. The molecule has 0 saturated carbocycles. The van der Waals surface area contributed by atoms with E-state index >= 15 is 0 Å². The molecule has 0 aliphatic carbocycles. The molecule has 0 aromatic heterocycles. The summed E-state index contributed by atoms with van der Waals surface area (Å²) in [7, 11) is -0.744. The number of allylic oxidation sites excluding steroid dienone is 2. The number of benzene rings is 1. The van der Waals surface area contributed by atoms with Gasteiger partial charge in [-0.1, -0.05) is 30.3 Å². The van der Waals surface area contributed by atoms with Gasteiger partial charge in [-0.3, -0.25) is 0 Å². The molecule has 2 heteroatoms. The van der Waals surface area contributed by atoms with Gasteiger partial charge in [0.25, 0.3) is 0 Å². The molecule has 0 spiro atoms. The van der Waals surface area contributed by atoms with E-state index in [0.29, 0.717) is 0 Å². The Labute approximate surface area is 104 Å². The predicted molar refractivity (Wildman–Crippen MR) is 66.5 cm³/mol. The number of halogens is 1. The van der Waals surface area contributed by atoms with E-state index in [0.717, 1.165) is 5.66 Å². The molecular weight excluding hydrogens is 267 g/mol. The van der Waals surface area contributed by atoms with E-state index in [1.165, 1.54) is 17.9 Å². The molecule has 0 bridgehead atoms. The first-order valence-corrected chi connectivity index (χ1v) is 7.93. The van der Waals surface area contributed by atoms with Crippen molar-refractivity contribution in [1.82, 2.24) is 0 Å². The summed E-state index contributed by atoms with van der Waals surface area (Å²) in [5.74, 6) is 0. The summed E-state index contributed by atoms with van der Waals surface area (Å²) in [6.07, 6.45) is 7.42. The molecule has 1 aromatic rings. The minimum absolute atomic E-state index is 0. The molecule has 0 radical (unpaired) electrons. The third kappa shape index (κ3) is 2.92. The van der Waals surface area contributed by atoms with Crippen LogP contribution < -0.4 is 17.0 Å². The van der Waals surface area contributed by atoms with Crippen LogP contribution in [-0.4, -0.2) is 18.5 Å². The fourth-order valence-electron chi connectivity index (χ4n) is 2.08. The van der Waals surface area contributed by atoms with Crippen molar-refractivity contribution in [3.05, 3.63) is 48.0 Å². The van der Waals surface area contributed by atoms with Gasteiger partial charge < -0.3 is 17.0 Å². The molecule has 0 N–H and O–H groups in total. The maximum Gasteiger partial charge on any atom is 0.0853 e. The van der Waals surface area contributed by atoms with Gasteiger partial charge in [0.15, 0.2) is 0 Å². The zero-order valence-electron chi connectivity index (χ0n) is 9.36. The highest BCUT2D eigenvalue weighted by molar-refractivity contribution is 7.75. The van der Waals surface area contributed by atoms with Crippen LogP contribution in [0.2, 0.25) is 0 Å². The van der Waals surface area contributed by atoms with E-state index in [9.17, 15) is 0 Å². The maximum atomic E-state index is 2.50. The molecule has 0 fully saturated rings. The van der Waals surface area contributed by atoms with Gasteiger partial charge in [0.2, 0.25) is 0 Å². The molecule has 2 unspecified atom stereocenters. The molecule has 82 valence electrons. The minimum Gasteiger partial charge on any atom is -1.00 e. The highest BCUT2D eigenvalue weighted by atomic mass is 79.9. The smallest absolute Gasteiger partial charge is 0.0853 e. The van der Waals surface area contributed by atoms with Crippen molar-refractivity contribution >= 4 is 7.26 Å². The lowest BCUT2D eigenvalue weighted by Gasteiger charge is -2.22. The van der Waals surface area contributed by atoms with Crippen LogP contribution in [0.15, 0.2) is 42.5 Å². The SMILES string of the molecule is CC1C=CC[P+]1(C)Cc1ccccc1.[Br-]. The first kappa shape index (κ1) is 12.9. The van der Waals surface area contributed by atoms with Gasteiger partial charge in [0.1, 0.15) is 0 Å². The van der Waals surface area contributed by atoms with Gasteiger partial charge in [-0.25, -0.2) is 0 Å². The predicted octanol–water partition coefficient (Wildman–Crippen LogP) is 0.796. The summed E-state index contributed by atoms with van der Waals surface area (Å²) in [6.45, 7) is 4.88. The molecule has 1 aliphatic rings. The average molecular weight is 285 g/mol. The summed E-state index contributed by atoms with van der Waals surface area (Å²) in [5.41, 5.74) is 2.33. The fraction of sp³-hybridized carbons (Fsp3) is 0.385. The van der Waals surface area contributed by atoms with Crippen LogP contribution in [0.3, 0.4) is 0 Å². The second-order valence-electron chi connectivity index (χ2n) is 4.47. The lowest BCUT2D eigenvalue weighted by Crippen LogP contribution is -3.00. The topological polar surface area (TPSA) is 0 Å². The van der Waals surface area contributed by atoms with E-state index < -0.39 is 7.26 Å². The Morgan fingerprint density at radius 2 is 1.93 bits per heavy atom. The molecule has 2 rings (SSSR count). The molecule has 1 aliphatic heterocycles. The Kier molecular flexibility index (Phi) is 4.55. The summed E-state index contributed by atoms with van der Waals surface area (Å²) >= 11 is 0. The Bertz CT molecular complexity index is 334. The highest BCUT2D eigenvalue weighted by Gasteiger charge is 2.39. The molecule has 1 aromatic carbocycles. The molecule has 15 heavy (non-hydrogen) atoms. The standard InChI is InChI=1S/C13H18P.BrH/c1-12-7-6-10-14(12,2)11-13-8-4-3-5-9-13;/h3-9,12H,10-11H2,1-2H3;1H/q+1;/p-1. The lowest BCUT2D eigenvalue weighted by molar-refractivity contribution is -0.00000303. The third-order valence-corrected chi connectivity index (χ3v) is 7.58. The van der Waals surface area contributed by atoms with Crippen molar-refractivity contribution in [2.75, 3.05) is 12.8 Å². The highest BCUT2D eigenvalue weighted by Crippen LogP contribution is 2.65. The van der Waals surface area contributed by atoms with Gasteiger partial charge in [-0.2, -0.15) is 0 Å². The Hall–Kier alpha value is -0.130. The van der Waals surface area contributed by atoms with Crippen LogP contribution in [0.1, 0.15) is 12.5 Å². The van der Waals surface area contributed by atoms with Crippen molar-refractivity contribution in [3.63, 3.8) is 0 Å². The monoisotopic (exact) mass is 284 g/mol. The maximum absolute atomic E-state index is 2.50. The van der Waals surface area contributed by atoms with E-state index in [2.05, 4.69) is 56.1 Å². The van der Waals surface area contributed by atoms with Crippen LogP contribution in [0, 0.1) is 0 Å². The molecule has 2 atom stereocenters. The first-order chi connectivity index (χ1) is 6.71. The van der Waals surface area contributed by atoms with Crippen molar-refractivity contribution in [2.45, 2.75) is 18.7 Å². The largest absolute Gasteiger partial charge is 1.00 e. The van der Waals surface area contributed by atoms with E-state index in [1.807, 2.05) is 0 Å². The van der Waals surface area contributed by atoms with Crippen LogP contribution in [0.4, 0.5) is 0 Å². The quantitative estimate of drug-likeness (QED) is 0.557. The van der Waals surface area contributed by atoms with Gasteiger partial charge in [-0.15, -0.1) is 0 Å². The molecular formula is C13H18BrP. The molecule has 0 nitrogen and oxygen atoms in total. The van der Waals surface area contributed by atoms with Crippen LogP contribution >= 0.6 is 7.26 Å². The van der Waals surface area contributed by atoms with Gasteiger partial charge >= 0.3 is 0 Å². The van der Waals surface area contributed by atoms with Crippen molar-refractivity contribution in [3.8, 4) is 0 Å². The van der Waals surface area contributed by atoms with Crippen LogP contribution in [0.25, 0.3) is 0 Å². The molecule has 1 heterocycles. The first-order valence-electron chi connectivity index (χ1n) is 5.25. The summed E-state index contributed by atoms with van der Waals surface area (Å²) in [6, 6.07) is 10.9. The van der Waals surface area contributed by atoms with Gasteiger partial charge in [0, 0.05) is 7.26 Å². The van der Waals surface area contributed by atoms with Gasteiger partial charge in [0.05, 0.1) is 24.6 Å². The summed E-state index contributed by atoms with van der Waals surface area (Å²) in [4.78, 5) is 0. The molecule has 0 saturated heterocycles. The summed E-state index contributed by atoms with van der Waals surface area (Å²) < 4.78 is 0. The zero-order valence-corrected chi connectivity index (χ0v) is 11.8. The second-order valence-corrected chi connectivity index (χ2v) is 8.93. The average Bonchev–Trinajstić information content (AvgIpc) is 2.48. The van der Waals surface area contributed by atoms with Crippen LogP contribution in [-0.2, 0) is 6.16 Å². The second kappa shape index (κ2) is 5.27. The minimum atomic E-state index is -0.744. The van der Waals surface area contributed by atoms with Crippen molar-refractivity contribution in [2.24, 2.45) is 0 Å². The van der Waals surface area contributed by atoms with E-state index in [1.54, 1.807) is 0 Å².